The number of nitrogens with zero attached hydrogens (tertiary/aromatic N) is 2. The fraction of sp³-hybridized carbons (Fsp3) is 0.438. The van der Waals surface area contributed by atoms with E-state index in [0.29, 0.717) is 0 Å². The highest BCUT2D eigenvalue weighted by Gasteiger charge is 2.44. The van der Waals surface area contributed by atoms with Gasteiger partial charge in [-0.1, -0.05) is 0 Å². The highest BCUT2D eigenvalue weighted by Crippen LogP contribution is 2.20. The fourth-order valence-electron chi connectivity index (χ4n) is 2.16. The molecule has 146 valence electrons. The van der Waals surface area contributed by atoms with Gasteiger partial charge in [-0.2, -0.15) is 0 Å². The number of ether oxygens (including phenoxy) is 2. The summed E-state index contributed by atoms with van der Waals surface area (Å²) in [5.74, 6) is -1.83. The average molecular weight is 381 g/mol. The number of carbonyl (C=O) groups excluding carboxylic acids is 3. The predicted octanol–water partition coefficient (Wildman–Crippen LogP) is 0.554. The van der Waals surface area contributed by atoms with Crippen LogP contribution in [0, 0.1) is 10.1 Å². The minimum atomic E-state index is -1.87. The molecule has 0 spiro atoms. The number of benzene rings is 1. The van der Waals surface area contributed by atoms with Gasteiger partial charge in [-0.05, 0) is 32.9 Å². The van der Waals surface area contributed by atoms with Crippen molar-refractivity contribution in [1.82, 2.24) is 10.2 Å². The number of β-lactam (4-membered cyclic amide) rings is 1. The van der Waals surface area contributed by atoms with Gasteiger partial charge in [-0.25, -0.2) is 9.59 Å². The van der Waals surface area contributed by atoms with E-state index in [1.807, 2.05) is 0 Å². The Bertz CT molecular complexity index is 756. The van der Waals surface area contributed by atoms with Crippen LogP contribution in [0.3, 0.4) is 0 Å². The number of rotatable bonds is 5. The van der Waals surface area contributed by atoms with Gasteiger partial charge in [0, 0.05) is 12.1 Å². The van der Waals surface area contributed by atoms with Crippen molar-refractivity contribution in [3.8, 4) is 5.75 Å². The Morgan fingerprint density at radius 3 is 2.41 bits per heavy atom. The number of aliphatic hydroxyl groups excluding tert-OH is 1. The first-order valence-corrected chi connectivity index (χ1v) is 7.92. The Morgan fingerprint density at radius 1 is 1.33 bits per heavy atom. The van der Waals surface area contributed by atoms with E-state index in [-0.39, 0.29) is 18.0 Å². The van der Waals surface area contributed by atoms with Gasteiger partial charge in [0.2, 0.25) is 12.1 Å². The number of hydrogen-bond acceptors (Lipinski definition) is 8. The van der Waals surface area contributed by atoms with Crippen LogP contribution in [0.5, 0.6) is 5.75 Å². The first-order valence-electron chi connectivity index (χ1n) is 7.92. The number of nitro groups is 1. The summed E-state index contributed by atoms with van der Waals surface area (Å²) in [7, 11) is 0. The maximum atomic E-state index is 12.0. The van der Waals surface area contributed by atoms with Gasteiger partial charge in [-0.3, -0.25) is 14.9 Å². The smallest absolute Gasteiger partial charge is 0.408 e. The number of nitrogens with one attached hydrogen (secondary N) is 1. The lowest BCUT2D eigenvalue weighted by Crippen LogP contribution is -2.68. The lowest BCUT2D eigenvalue weighted by molar-refractivity contribution is -0.384. The molecule has 1 fully saturated rings. The molecule has 2 atom stereocenters. The molecule has 2 rings (SSSR count). The van der Waals surface area contributed by atoms with E-state index in [1.54, 1.807) is 20.8 Å². The van der Waals surface area contributed by atoms with E-state index in [0.717, 1.165) is 17.0 Å². The predicted molar refractivity (Wildman–Crippen MR) is 89.6 cm³/mol. The Morgan fingerprint density at radius 2 is 1.93 bits per heavy atom. The second kappa shape index (κ2) is 7.58. The van der Waals surface area contributed by atoms with Crippen LogP contribution in [0.15, 0.2) is 24.3 Å². The van der Waals surface area contributed by atoms with Crippen molar-refractivity contribution in [3.63, 3.8) is 0 Å². The van der Waals surface area contributed by atoms with Crippen LogP contribution in [0.25, 0.3) is 0 Å². The molecule has 1 heterocycles. The molecule has 27 heavy (non-hydrogen) atoms. The molecular weight excluding hydrogens is 362 g/mol. The van der Waals surface area contributed by atoms with Crippen molar-refractivity contribution in [2.75, 3.05) is 6.54 Å². The maximum absolute atomic E-state index is 12.0. The van der Waals surface area contributed by atoms with Crippen LogP contribution in [0.4, 0.5) is 10.5 Å². The lowest BCUT2D eigenvalue weighted by atomic mass is 10.1. The number of carbonyl (C=O) groups is 3. The summed E-state index contributed by atoms with van der Waals surface area (Å²) < 4.78 is 9.90. The van der Waals surface area contributed by atoms with E-state index in [4.69, 9.17) is 9.47 Å². The zero-order valence-corrected chi connectivity index (χ0v) is 14.9. The number of amides is 2. The highest BCUT2D eigenvalue weighted by atomic mass is 16.6. The Hall–Kier alpha value is -3.21. The molecule has 1 aromatic rings. The van der Waals surface area contributed by atoms with Gasteiger partial charge in [0.25, 0.3) is 5.69 Å². The Labute approximate surface area is 154 Å². The highest BCUT2D eigenvalue weighted by molar-refractivity contribution is 5.94. The molecule has 1 saturated heterocycles. The van der Waals surface area contributed by atoms with Crippen molar-refractivity contribution in [2.24, 2.45) is 0 Å². The molecule has 0 bridgehead atoms. The Kier molecular flexibility index (Phi) is 5.64. The van der Waals surface area contributed by atoms with Crippen LogP contribution < -0.4 is 10.1 Å². The molecule has 1 aromatic carbocycles. The summed E-state index contributed by atoms with van der Waals surface area (Å²) in [6.45, 7) is 4.90. The summed E-state index contributed by atoms with van der Waals surface area (Å²) in [6.07, 6.45) is -2.66. The van der Waals surface area contributed by atoms with Gasteiger partial charge in [0.05, 0.1) is 11.5 Å². The third-order valence-electron chi connectivity index (χ3n) is 3.42. The molecule has 11 heteroatoms. The molecule has 2 N–H and O–H groups in total. The number of alkyl carbamates (subject to hydrolysis) is 1. The zero-order chi connectivity index (χ0) is 20.4. The maximum Gasteiger partial charge on any atom is 0.408 e. The molecule has 2 amide bonds. The van der Waals surface area contributed by atoms with Crippen molar-refractivity contribution >= 4 is 23.7 Å². The Balaban J connectivity index is 1.86. The molecule has 0 radical (unpaired) electrons. The topological polar surface area (TPSA) is 148 Å². The largest absolute Gasteiger partial charge is 0.444 e. The van der Waals surface area contributed by atoms with Crippen LogP contribution in [-0.2, 0) is 14.3 Å². The summed E-state index contributed by atoms with van der Waals surface area (Å²) in [5.41, 5.74) is -0.922. The molecule has 1 aliphatic heterocycles. The second-order valence-corrected chi connectivity index (χ2v) is 6.74. The second-order valence-electron chi connectivity index (χ2n) is 6.74. The zero-order valence-electron chi connectivity index (χ0n) is 14.9. The SMILES string of the molecule is CC(C)(C)OC(=O)NC1CN(C(O)C(=O)Oc2ccc([N+](=O)[O-])cc2)C1=O. The molecule has 0 saturated carbocycles. The normalized spacial score (nSPS) is 17.6. The quantitative estimate of drug-likeness (QED) is 0.247. The number of hydrogen-bond donors (Lipinski definition) is 2. The van der Waals surface area contributed by atoms with Crippen LogP contribution in [0.2, 0.25) is 0 Å². The molecule has 1 aliphatic rings. The van der Waals surface area contributed by atoms with Gasteiger partial charge >= 0.3 is 12.1 Å². The van der Waals surface area contributed by atoms with Crippen LogP contribution in [-0.4, -0.2) is 57.3 Å². The number of likely N-dealkylation sites (tertiary alicyclic amines) is 1. The van der Waals surface area contributed by atoms with Gasteiger partial charge in [-0.15, -0.1) is 0 Å². The first kappa shape index (κ1) is 20.1. The minimum Gasteiger partial charge on any atom is -0.444 e. The minimum absolute atomic E-state index is 0.0268. The van der Waals surface area contributed by atoms with E-state index in [9.17, 15) is 29.6 Å². The summed E-state index contributed by atoms with van der Waals surface area (Å²) in [4.78, 5) is 46.3. The van der Waals surface area contributed by atoms with Crippen molar-refractivity contribution in [2.45, 2.75) is 38.6 Å². The average Bonchev–Trinajstić information content (AvgIpc) is 2.56. The van der Waals surface area contributed by atoms with E-state index in [2.05, 4.69) is 5.32 Å². The van der Waals surface area contributed by atoms with Gasteiger partial charge < -0.3 is 24.8 Å². The van der Waals surface area contributed by atoms with Gasteiger partial charge in [0.15, 0.2) is 0 Å². The van der Waals surface area contributed by atoms with Crippen molar-refractivity contribution in [3.05, 3.63) is 34.4 Å². The molecule has 0 aliphatic carbocycles. The lowest BCUT2D eigenvalue weighted by Gasteiger charge is -2.40. The third kappa shape index (κ3) is 5.14. The summed E-state index contributed by atoms with van der Waals surface area (Å²) >= 11 is 0. The van der Waals surface area contributed by atoms with E-state index in [1.165, 1.54) is 12.1 Å². The first-order chi connectivity index (χ1) is 12.5. The van der Waals surface area contributed by atoms with Crippen LogP contribution in [0.1, 0.15) is 20.8 Å². The fourth-order valence-corrected chi connectivity index (χ4v) is 2.16. The number of aliphatic hydroxyl groups is 1. The standard InChI is InChI=1S/C16H19N3O8/c1-16(2,3)27-15(23)17-11-8-18(12(11)20)13(21)14(22)26-10-6-4-9(5-7-10)19(24)25/h4-7,11,13,21H,8H2,1-3H3,(H,17,23). The van der Waals surface area contributed by atoms with Crippen molar-refractivity contribution in [1.29, 1.82) is 0 Å². The molecular formula is C16H19N3O8. The molecule has 0 aromatic heterocycles. The summed E-state index contributed by atoms with van der Waals surface area (Å²) in [5, 5.41) is 22.8. The van der Waals surface area contributed by atoms with E-state index < -0.39 is 40.8 Å². The number of esters is 1. The molecule has 2 unspecified atom stereocenters. The van der Waals surface area contributed by atoms with Gasteiger partial charge in [0.1, 0.15) is 17.4 Å². The molecule has 11 nitrogen and oxygen atoms in total. The number of non-ortho nitro benzene ring substituents is 1. The monoisotopic (exact) mass is 381 g/mol. The van der Waals surface area contributed by atoms with Crippen molar-refractivity contribution < 1.29 is 33.9 Å². The third-order valence-corrected chi connectivity index (χ3v) is 3.42. The summed E-state index contributed by atoms with van der Waals surface area (Å²) in [6, 6.07) is 3.72. The number of nitro benzene ring substituents is 1. The van der Waals surface area contributed by atoms with E-state index >= 15 is 0 Å². The van der Waals surface area contributed by atoms with Crippen LogP contribution >= 0.6 is 0 Å².